The van der Waals surface area contributed by atoms with Crippen molar-refractivity contribution < 1.29 is 14.3 Å². The zero-order valence-electron chi connectivity index (χ0n) is 7.07. The highest BCUT2D eigenvalue weighted by Crippen LogP contribution is 2.29. The summed E-state index contributed by atoms with van der Waals surface area (Å²) in [6.07, 6.45) is 0.784. The fourth-order valence-electron chi connectivity index (χ4n) is 0.780. The monoisotopic (exact) mass is 202 g/mol. The van der Waals surface area contributed by atoms with E-state index in [-0.39, 0.29) is 12.2 Å². The molecule has 1 unspecified atom stereocenters. The van der Waals surface area contributed by atoms with Crippen LogP contribution in [0, 0.1) is 0 Å². The zero-order valence-corrected chi connectivity index (χ0v) is 7.89. The Bertz CT molecular complexity index is 266. The van der Waals surface area contributed by atoms with E-state index in [2.05, 4.69) is 10.1 Å². The van der Waals surface area contributed by atoms with Crippen molar-refractivity contribution in [1.29, 1.82) is 0 Å². The Morgan fingerprint density at radius 3 is 3.08 bits per heavy atom. The topological polar surface area (TPSA) is 81.4 Å². The fourth-order valence-corrected chi connectivity index (χ4v) is 1.53. The second kappa shape index (κ2) is 3.80. The van der Waals surface area contributed by atoms with Crippen LogP contribution in [0.1, 0.15) is 13.3 Å². The van der Waals surface area contributed by atoms with E-state index in [0.717, 1.165) is 0 Å². The smallest absolute Gasteiger partial charge is 0.377 e. The van der Waals surface area contributed by atoms with Crippen LogP contribution in [-0.4, -0.2) is 17.3 Å². The summed E-state index contributed by atoms with van der Waals surface area (Å²) >= 11 is 1.32. The van der Waals surface area contributed by atoms with Gasteiger partial charge in [0.15, 0.2) is 0 Å². The number of aldehydes is 1. The van der Waals surface area contributed by atoms with Crippen LogP contribution in [0.15, 0.2) is 11.3 Å². The van der Waals surface area contributed by atoms with Crippen LogP contribution >= 0.6 is 11.8 Å². The number of thioether (sulfide) groups is 1. The minimum atomic E-state index is -0.931. The lowest BCUT2D eigenvalue weighted by molar-refractivity contribution is -0.145. The highest BCUT2D eigenvalue weighted by atomic mass is 32.2. The molecule has 72 valence electrons. The van der Waals surface area contributed by atoms with Gasteiger partial charge in [0.2, 0.25) is 12.2 Å². The Labute approximate surface area is 79.7 Å². The van der Waals surface area contributed by atoms with Crippen LogP contribution in [-0.2, 0) is 14.3 Å². The second-order valence-corrected chi connectivity index (χ2v) is 3.71. The van der Waals surface area contributed by atoms with Gasteiger partial charge in [0.25, 0.3) is 0 Å². The van der Waals surface area contributed by atoms with Crippen LogP contribution in [0.3, 0.4) is 0 Å². The van der Waals surface area contributed by atoms with Crippen LogP contribution in [0.2, 0.25) is 0 Å². The first-order valence-electron chi connectivity index (χ1n) is 3.71. The Kier molecular flexibility index (Phi) is 2.94. The summed E-state index contributed by atoms with van der Waals surface area (Å²) < 4.78 is 4.60. The molecule has 0 saturated heterocycles. The van der Waals surface area contributed by atoms with Gasteiger partial charge in [0.1, 0.15) is 4.99 Å². The quantitative estimate of drug-likeness (QED) is 0.377. The molecule has 0 bridgehead atoms. The van der Waals surface area contributed by atoms with Crippen LogP contribution in [0.25, 0.3) is 0 Å². The summed E-state index contributed by atoms with van der Waals surface area (Å²) in [5, 5.41) is 4.36. The first kappa shape index (κ1) is 10.1. The molecule has 1 aliphatic rings. The molecule has 13 heavy (non-hydrogen) atoms. The number of nitrogens with one attached hydrogen (secondary N) is 1. The van der Waals surface area contributed by atoms with E-state index in [1.807, 2.05) is 6.92 Å². The Morgan fingerprint density at radius 2 is 2.62 bits per heavy atom. The summed E-state index contributed by atoms with van der Waals surface area (Å²) in [4.78, 5) is 19.9. The van der Waals surface area contributed by atoms with Gasteiger partial charge in [-0.15, -0.1) is 0 Å². The van der Waals surface area contributed by atoms with E-state index >= 15 is 0 Å². The second-order valence-electron chi connectivity index (χ2n) is 2.51. The van der Waals surface area contributed by atoms with Crippen molar-refractivity contribution in [2.45, 2.75) is 18.3 Å². The first-order valence-corrected chi connectivity index (χ1v) is 4.59. The molecular formula is C7H10N2O3S. The Balaban J connectivity index is 2.49. The van der Waals surface area contributed by atoms with Crippen LogP contribution < -0.4 is 11.1 Å². The van der Waals surface area contributed by atoms with Crippen LogP contribution in [0.4, 0.5) is 0 Å². The fraction of sp³-hybridized carbons (Fsp3) is 0.429. The highest BCUT2D eigenvalue weighted by molar-refractivity contribution is 8.03. The molecule has 0 aromatic rings. The molecule has 1 atom stereocenters. The average Bonchev–Trinajstić information content (AvgIpc) is 2.48. The molecule has 0 radical (unpaired) electrons. The van der Waals surface area contributed by atoms with E-state index in [1.54, 1.807) is 5.41 Å². The van der Waals surface area contributed by atoms with Crippen molar-refractivity contribution in [2.24, 2.45) is 5.73 Å². The number of esters is 1. The zero-order chi connectivity index (χ0) is 9.90. The molecule has 0 amide bonds. The lowest BCUT2D eigenvalue weighted by Crippen LogP contribution is -2.46. The SMILES string of the molecule is CCC1(N)NC(OC(=O)C=O)=CS1. The third-order valence-corrected chi connectivity index (χ3v) is 2.69. The lowest BCUT2D eigenvalue weighted by atomic mass is 10.4. The molecule has 6 heteroatoms. The maximum atomic E-state index is 10.5. The molecule has 3 N–H and O–H groups in total. The molecule has 0 saturated carbocycles. The standard InChI is InChI=1S/C7H10N2O3S/c1-2-7(8)9-5(4-13-7)12-6(11)3-10/h3-4,9H,2,8H2,1H3. The van der Waals surface area contributed by atoms with Gasteiger partial charge in [0, 0.05) is 5.41 Å². The lowest BCUT2D eigenvalue weighted by Gasteiger charge is -2.22. The van der Waals surface area contributed by atoms with Crippen molar-refractivity contribution in [3.05, 3.63) is 11.3 Å². The predicted octanol–water partition coefficient (Wildman–Crippen LogP) is -0.114. The van der Waals surface area contributed by atoms with Gasteiger partial charge in [-0.1, -0.05) is 18.7 Å². The van der Waals surface area contributed by atoms with Gasteiger partial charge < -0.3 is 10.1 Å². The molecule has 0 aliphatic carbocycles. The van der Waals surface area contributed by atoms with E-state index in [9.17, 15) is 9.59 Å². The molecule has 1 rings (SSSR count). The van der Waals surface area contributed by atoms with Crippen LogP contribution in [0.5, 0.6) is 0 Å². The number of nitrogens with two attached hydrogens (primary N) is 1. The number of carbonyl (C=O) groups excluding carboxylic acids is 2. The molecule has 0 spiro atoms. The largest absolute Gasteiger partial charge is 0.404 e. The van der Waals surface area contributed by atoms with E-state index < -0.39 is 11.0 Å². The average molecular weight is 202 g/mol. The minimum absolute atomic E-state index is 0.107. The number of rotatable bonds is 3. The van der Waals surface area contributed by atoms with Gasteiger partial charge in [0.05, 0.1) is 0 Å². The minimum Gasteiger partial charge on any atom is -0.404 e. The molecular weight excluding hydrogens is 192 g/mol. The number of carbonyl (C=O) groups is 2. The van der Waals surface area contributed by atoms with Gasteiger partial charge in [-0.05, 0) is 6.42 Å². The Hall–Kier alpha value is -1.01. The summed E-state index contributed by atoms with van der Waals surface area (Å²) in [7, 11) is 0. The Morgan fingerprint density at radius 1 is 1.92 bits per heavy atom. The summed E-state index contributed by atoms with van der Waals surface area (Å²) in [5.41, 5.74) is 5.79. The maximum absolute atomic E-state index is 10.5. The molecule has 0 aromatic carbocycles. The number of hydrogen-bond donors (Lipinski definition) is 2. The first-order chi connectivity index (χ1) is 6.09. The van der Waals surface area contributed by atoms with E-state index in [1.165, 1.54) is 11.8 Å². The number of ether oxygens (including phenoxy) is 1. The molecule has 1 heterocycles. The maximum Gasteiger partial charge on any atom is 0.377 e. The van der Waals surface area contributed by atoms with E-state index in [4.69, 9.17) is 5.73 Å². The van der Waals surface area contributed by atoms with Crippen molar-refractivity contribution in [3.63, 3.8) is 0 Å². The summed E-state index contributed by atoms with van der Waals surface area (Å²) in [6.45, 7) is 1.90. The number of hydrogen-bond acceptors (Lipinski definition) is 6. The van der Waals surface area contributed by atoms with Crippen molar-refractivity contribution in [2.75, 3.05) is 0 Å². The van der Waals surface area contributed by atoms with Crippen molar-refractivity contribution in [3.8, 4) is 0 Å². The highest BCUT2D eigenvalue weighted by Gasteiger charge is 2.30. The molecule has 0 aromatic heterocycles. The molecule has 1 aliphatic heterocycles. The normalized spacial score (nSPS) is 26.2. The van der Waals surface area contributed by atoms with Gasteiger partial charge >= 0.3 is 5.97 Å². The third-order valence-electron chi connectivity index (χ3n) is 1.54. The van der Waals surface area contributed by atoms with Crippen molar-refractivity contribution in [1.82, 2.24) is 5.32 Å². The predicted molar refractivity (Wildman–Crippen MR) is 48.2 cm³/mol. The third kappa shape index (κ3) is 2.46. The molecule has 0 fully saturated rings. The van der Waals surface area contributed by atoms with E-state index in [0.29, 0.717) is 6.42 Å². The summed E-state index contributed by atoms with van der Waals surface area (Å²) in [5.74, 6) is -0.703. The van der Waals surface area contributed by atoms with Gasteiger partial charge in [-0.25, -0.2) is 4.79 Å². The van der Waals surface area contributed by atoms with Gasteiger partial charge in [-0.2, -0.15) is 0 Å². The summed E-state index contributed by atoms with van der Waals surface area (Å²) in [6, 6.07) is 0. The van der Waals surface area contributed by atoms with Crippen molar-refractivity contribution >= 4 is 24.0 Å². The molecule has 5 nitrogen and oxygen atoms in total. The van der Waals surface area contributed by atoms with Gasteiger partial charge in [-0.3, -0.25) is 10.5 Å².